The van der Waals surface area contributed by atoms with Crippen LogP contribution in [0.4, 0.5) is 0 Å². The average Bonchev–Trinajstić information content (AvgIpc) is 2.77. The lowest BCUT2D eigenvalue weighted by molar-refractivity contribution is 0.150. The van der Waals surface area contributed by atoms with Crippen LogP contribution in [0.25, 0.3) is 0 Å². The van der Waals surface area contributed by atoms with E-state index < -0.39 is 0 Å². The highest BCUT2D eigenvalue weighted by Gasteiger charge is 2.19. The Balaban J connectivity index is 1.76. The molecule has 0 radical (unpaired) electrons. The van der Waals surface area contributed by atoms with Crippen molar-refractivity contribution in [2.45, 2.75) is 12.8 Å². The van der Waals surface area contributed by atoms with Gasteiger partial charge in [0.15, 0.2) is 0 Å². The summed E-state index contributed by atoms with van der Waals surface area (Å²) < 4.78 is 11.1. The third kappa shape index (κ3) is 3.58. The third-order valence-corrected chi connectivity index (χ3v) is 3.80. The van der Waals surface area contributed by atoms with Gasteiger partial charge in [-0.1, -0.05) is 0 Å². The molecular weight excluding hydrogens is 280 g/mol. The number of pyridine rings is 1. The summed E-state index contributed by atoms with van der Waals surface area (Å²) in [6, 6.07) is 3.73. The van der Waals surface area contributed by atoms with Crippen molar-refractivity contribution in [2.75, 3.05) is 33.4 Å². The molecule has 6 nitrogen and oxygen atoms in total. The normalized spacial score (nSPS) is 15.1. The molecule has 0 bridgehead atoms. The van der Waals surface area contributed by atoms with Crippen molar-refractivity contribution in [2.24, 2.45) is 0 Å². The second kappa shape index (κ2) is 7.29. The van der Waals surface area contributed by atoms with Crippen molar-refractivity contribution in [3.05, 3.63) is 42.1 Å². The van der Waals surface area contributed by atoms with Crippen LogP contribution in [0, 0.1) is 0 Å². The van der Waals surface area contributed by atoms with Gasteiger partial charge in [0.1, 0.15) is 12.1 Å². The predicted molar refractivity (Wildman–Crippen MR) is 82.1 cm³/mol. The maximum Gasteiger partial charge on any atom is 0.225 e. The van der Waals surface area contributed by atoms with E-state index in [2.05, 4.69) is 19.9 Å². The van der Waals surface area contributed by atoms with Crippen LogP contribution < -0.4 is 4.74 Å². The van der Waals surface area contributed by atoms with E-state index in [1.807, 2.05) is 12.1 Å². The number of hydrogen-bond acceptors (Lipinski definition) is 6. The van der Waals surface area contributed by atoms with E-state index in [0.717, 1.165) is 50.3 Å². The first-order valence-electron chi connectivity index (χ1n) is 7.48. The van der Waals surface area contributed by atoms with Gasteiger partial charge in [-0.3, -0.25) is 4.98 Å². The first kappa shape index (κ1) is 14.9. The monoisotopic (exact) mass is 300 g/mol. The lowest BCUT2D eigenvalue weighted by atomic mass is 10.1. The Hall–Kier alpha value is -2.05. The number of aromatic nitrogens is 3. The van der Waals surface area contributed by atoms with Crippen molar-refractivity contribution in [1.29, 1.82) is 0 Å². The van der Waals surface area contributed by atoms with E-state index >= 15 is 0 Å². The number of rotatable bonds is 5. The predicted octanol–water partition coefficient (Wildman–Crippen LogP) is 1.71. The fraction of sp³-hybridized carbons (Fsp3) is 0.438. The second-order valence-electron chi connectivity index (χ2n) is 5.23. The first-order chi connectivity index (χ1) is 10.9. The Morgan fingerprint density at radius 3 is 2.95 bits per heavy atom. The summed E-state index contributed by atoms with van der Waals surface area (Å²) in [7, 11) is 1.73. The highest BCUT2D eigenvalue weighted by Crippen LogP contribution is 2.26. The molecule has 0 aromatic carbocycles. The van der Waals surface area contributed by atoms with Gasteiger partial charge in [0.05, 0.1) is 18.5 Å². The minimum atomic E-state index is 0.645. The topological polar surface area (TPSA) is 60.4 Å². The lowest BCUT2D eigenvalue weighted by Crippen LogP contribution is -2.29. The summed E-state index contributed by atoms with van der Waals surface area (Å²) in [5, 5.41) is 0. The molecule has 1 aliphatic heterocycles. The zero-order chi connectivity index (χ0) is 15.2. The molecule has 3 rings (SSSR count). The fourth-order valence-corrected chi connectivity index (χ4v) is 2.59. The van der Waals surface area contributed by atoms with Gasteiger partial charge in [-0.05, 0) is 18.6 Å². The van der Waals surface area contributed by atoms with E-state index in [1.54, 1.807) is 25.8 Å². The van der Waals surface area contributed by atoms with Crippen LogP contribution in [0.2, 0.25) is 0 Å². The zero-order valence-corrected chi connectivity index (χ0v) is 12.7. The Kier molecular flexibility index (Phi) is 4.92. The molecule has 116 valence electrons. The molecule has 0 fully saturated rings. The van der Waals surface area contributed by atoms with Crippen molar-refractivity contribution < 1.29 is 9.47 Å². The molecule has 0 aliphatic carbocycles. The van der Waals surface area contributed by atoms with Gasteiger partial charge < -0.3 is 14.4 Å². The van der Waals surface area contributed by atoms with Gasteiger partial charge in [-0.15, -0.1) is 0 Å². The van der Waals surface area contributed by atoms with Gasteiger partial charge in [-0.25, -0.2) is 9.97 Å². The van der Waals surface area contributed by atoms with Crippen LogP contribution in [-0.2, 0) is 17.6 Å². The summed E-state index contributed by atoms with van der Waals surface area (Å²) in [6.45, 7) is 3.64. The van der Waals surface area contributed by atoms with Crippen molar-refractivity contribution in [3.8, 4) is 11.6 Å². The molecule has 6 heteroatoms. The van der Waals surface area contributed by atoms with E-state index in [4.69, 9.17) is 9.47 Å². The van der Waals surface area contributed by atoms with Gasteiger partial charge >= 0.3 is 0 Å². The molecule has 0 N–H and O–H groups in total. The molecule has 0 saturated heterocycles. The Labute approximate surface area is 130 Å². The molecule has 22 heavy (non-hydrogen) atoms. The highest BCUT2D eigenvalue weighted by atomic mass is 16.5. The average molecular weight is 300 g/mol. The van der Waals surface area contributed by atoms with Crippen LogP contribution >= 0.6 is 0 Å². The minimum absolute atomic E-state index is 0.645. The smallest absolute Gasteiger partial charge is 0.225 e. The summed E-state index contributed by atoms with van der Waals surface area (Å²) in [4.78, 5) is 15.2. The fourth-order valence-electron chi connectivity index (χ4n) is 2.59. The maximum atomic E-state index is 5.89. The largest absolute Gasteiger partial charge is 0.437 e. The first-order valence-corrected chi connectivity index (χ1v) is 7.48. The molecular formula is C16H20N4O2. The number of nitrogens with zero attached hydrogens (tertiary/aromatic N) is 4. The van der Waals surface area contributed by atoms with Crippen LogP contribution in [-0.4, -0.2) is 53.2 Å². The Morgan fingerprint density at radius 1 is 1.23 bits per heavy atom. The Morgan fingerprint density at radius 2 is 2.14 bits per heavy atom. The molecule has 0 spiro atoms. The SMILES string of the molecule is COCCN1CCc2ncnc(Oc3cccnc3)c2CC1. The standard InChI is InChI=1S/C16H20N4O2/c1-21-10-9-20-7-4-14-15(5-8-20)18-12-19-16(14)22-13-3-2-6-17-11-13/h2-3,6,11-12H,4-5,7-10H2,1H3. The highest BCUT2D eigenvalue weighted by molar-refractivity contribution is 5.34. The van der Waals surface area contributed by atoms with Gasteiger partial charge in [0.25, 0.3) is 0 Å². The van der Waals surface area contributed by atoms with E-state index in [9.17, 15) is 0 Å². The van der Waals surface area contributed by atoms with Crippen LogP contribution in [0.15, 0.2) is 30.9 Å². The van der Waals surface area contributed by atoms with Crippen LogP contribution in [0.5, 0.6) is 11.6 Å². The zero-order valence-electron chi connectivity index (χ0n) is 12.7. The summed E-state index contributed by atoms with van der Waals surface area (Å²) in [5.74, 6) is 1.34. The molecule has 0 saturated carbocycles. The van der Waals surface area contributed by atoms with Crippen molar-refractivity contribution in [1.82, 2.24) is 19.9 Å². The maximum absolute atomic E-state index is 5.89. The second-order valence-corrected chi connectivity index (χ2v) is 5.23. The molecule has 0 amide bonds. The van der Waals surface area contributed by atoms with Crippen molar-refractivity contribution in [3.63, 3.8) is 0 Å². The quantitative estimate of drug-likeness (QED) is 0.838. The molecule has 2 aromatic rings. The van der Waals surface area contributed by atoms with Crippen LogP contribution in [0.1, 0.15) is 11.3 Å². The van der Waals surface area contributed by atoms with Gasteiger partial charge in [0, 0.05) is 44.9 Å². The summed E-state index contributed by atoms with van der Waals surface area (Å²) in [5.41, 5.74) is 2.18. The van der Waals surface area contributed by atoms with E-state index in [0.29, 0.717) is 11.6 Å². The Bertz CT molecular complexity index is 606. The van der Waals surface area contributed by atoms with E-state index in [1.165, 1.54) is 0 Å². The molecule has 0 unspecified atom stereocenters. The number of fused-ring (bicyclic) bond motifs is 1. The van der Waals surface area contributed by atoms with Crippen LogP contribution in [0.3, 0.4) is 0 Å². The minimum Gasteiger partial charge on any atom is -0.437 e. The summed E-state index contributed by atoms with van der Waals surface area (Å²) in [6.07, 6.45) is 6.78. The number of ether oxygens (including phenoxy) is 2. The molecule has 0 atom stereocenters. The summed E-state index contributed by atoms with van der Waals surface area (Å²) >= 11 is 0. The van der Waals surface area contributed by atoms with E-state index in [-0.39, 0.29) is 0 Å². The lowest BCUT2D eigenvalue weighted by Gasteiger charge is -2.18. The van der Waals surface area contributed by atoms with Gasteiger partial charge in [0.2, 0.25) is 5.88 Å². The number of hydrogen-bond donors (Lipinski definition) is 0. The molecule has 1 aliphatic rings. The van der Waals surface area contributed by atoms with Gasteiger partial charge in [-0.2, -0.15) is 0 Å². The molecule has 2 aromatic heterocycles. The molecule has 3 heterocycles. The van der Waals surface area contributed by atoms with Crippen molar-refractivity contribution >= 4 is 0 Å². The number of methoxy groups -OCH3 is 1. The third-order valence-electron chi connectivity index (χ3n) is 3.80.